The van der Waals surface area contributed by atoms with E-state index in [2.05, 4.69) is 15.0 Å². The molecule has 2 aromatic heterocycles. The van der Waals surface area contributed by atoms with Crippen molar-refractivity contribution >= 4 is 43.3 Å². The molecular formula is C24H27N3O5S2. The number of aromatic amines is 1. The second kappa shape index (κ2) is 9.89. The van der Waals surface area contributed by atoms with Gasteiger partial charge in [0.25, 0.3) is 0 Å². The van der Waals surface area contributed by atoms with E-state index in [1.54, 1.807) is 24.8 Å². The maximum absolute atomic E-state index is 12.2. The molecule has 4 rings (SSSR count). The Morgan fingerprint density at radius 1 is 1.29 bits per heavy atom. The van der Waals surface area contributed by atoms with Crippen LogP contribution in [0.15, 0.2) is 46.5 Å². The van der Waals surface area contributed by atoms with Crippen LogP contribution in [0.1, 0.15) is 37.4 Å². The molecule has 1 unspecified atom stereocenters. The zero-order chi connectivity index (χ0) is 24.5. The number of thioether (sulfide) groups is 1. The van der Waals surface area contributed by atoms with Gasteiger partial charge in [0, 0.05) is 35.3 Å². The van der Waals surface area contributed by atoms with Crippen LogP contribution in [0.25, 0.3) is 10.9 Å². The number of fused-ring (bicyclic) bond motifs is 1. The van der Waals surface area contributed by atoms with E-state index in [-0.39, 0.29) is 16.1 Å². The van der Waals surface area contributed by atoms with Gasteiger partial charge in [-0.3, -0.25) is 9.79 Å². The van der Waals surface area contributed by atoms with Crippen molar-refractivity contribution in [1.82, 2.24) is 9.97 Å². The molecule has 1 aliphatic rings. The number of Topliss-reactive ketones (excluding diaryl/α,β-unsaturated/α-hetero) is 1. The highest BCUT2D eigenvalue weighted by Gasteiger charge is 2.24. The maximum Gasteiger partial charge on any atom is 0.192 e. The molecule has 3 heterocycles. The van der Waals surface area contributed by atoms with Crippen molar-refractivity contribution in [3.63, 3.8) is 0 Å². The lowest BCUT2D eigenvalue weighted by Crippen LogP contribution is -2.13. The molecule has 0 fully saturated rings. The normalized spacial score (nSPS) is 17.1. The Labute approximate surface area is 202 Å². The molecule has 0 amide bonds. The number of aliphatic hydroxyl groups excluding tert-OH is 1. The van der Waals surface area contributed by atoms with Crippen LogP contribution in [0.5, 0.6) is 11.5 Å². The van der Waals surface area contributed by atoms with E-state index in [1.807, 2.05) is 25.1 Å². The highest BCUT2D eigenvalue weighted by molar-refractivity contribution is 8.15. The molecule has 0 radical (unpaired) electrons. The van der Waals surface area contributed by atoms with Crippen LogP contribution in [0.3, 0.4) is 0 Å². The highest BCUT2D eigenvalue weighted by Crippen LogP contribution is 2.33. The number of aliphatic imine (C=N–C) groups is 1. The molecule has 2 N–H and O–H groups in total. The van der Waals surface area contributed by atoms with Crippen LogP contribution < -0.4 is 4.74 Å². The summed E-state index contributed by atoms with van der Waals surface area (Å²) in [5.74, 6) is 1.22. The zero-order valence-electron chi connectivity index (χ0n) is 19.2. The summed E-state index contributed by atoms with van der Waals surface area (Å²) in [6, 6.07) is 8.83. The number of carbonyl (C=O) groups excluding carboxylic acids is 1. The lowest BCUT2D eigenvalue weighted by atomic mass is 10.1. The number of rotatable bonds is 9. The number of nitrogens with zero attached hydrogens (tertiary/aromatic N) is 2. The summed E-state index contributed by atoms with van der Waals surface area (Å²) in [6.45, 7) is 4.27. The van der Waals surface area contributed by atoms with Crippen LogP contribution in [-0.4, -0.2) is 58.5 Å². The summed E-state index contributed by atoms with van der Waals surface area (Å²) >= 11 is 1.60. The summed E-state index contributed by atoms with van der Waals surface area (Å²) in [7, 11) is -3.36. The lowest BCUT2D eigenvalue weighted by Gasteiger charge is -2.08. The topological polar surface area (TPSA) is 122 Å². The number of aromatic nitrogens is 2. The number of aryl methyl sites for hydroxylation is 1. The fourth-order valence-corrected chi connectivity index (χ4v) is 5.43. The largest absolute Gasteiger partial charge is 0.456 e. The minimum Gasteiger partial charge on any atom is -0.456 e. The summed E-state index contributed by atoms with van der Waals surface area (Å²) in [6.07, 6.45) is 3.39. The van der Waals surface area contributed by atoms with Gasteiger partial charge in [0.2, 0.25) is 0 Å². The molecule has 3 aromatic rings. The molecule has 1 aromatic carbocycles. The molecular weight excluding hydrogens is 474 g/mol. The van der Waals surface area contributed by atoms with E-state index >= 15 is 0 Å². The number of ether oxygens (including phenoxy) is 1. The van der Waals surface area contributed by atoms with Crippen LogP contribution in [-0.2, 0) is 14.6 Å². The second-order valence-electron chi connectivity index (χ2n) is 8.61. The van der Waals surface area contributed by atoms with Gasteiger partial charge < -0.3 is 14.8 Å². The van der Waals surface area contributed by atoms with Crippen molar-refractivity contribution in [3.05, 3.63) is 47.8 Å². The SMILES string of the molecule is Cc1cc(Oc2ccc(S(C)(=O)=O)nc2)cc2cc(C3=NCC(CC(=O)CC[C@H](C)O)S3)[nH]c12. The molecule has 34 heavy (non-hydrogen) atoms. The van der Waals surface area contributed by atoms with Gasteiger partial charge in [-0.15, -0.1) is 0 Å². The predicted molar refractivity (Wildman–Crippen MR) is 134 cm³/mol. The van der Waals surface area contributed by atoms with Gasteiger partial charge in [-0.1, -0.05) is 11.8 Å². The molecule has 180 valence electrons. The molecule has 0 saturated heterocycles. The van der Waals surface area contributed by atoms with Gasteiger partial charge in [0.1, 0.15) is 22.3 Å². The summed E-state index contributed by atoms with van der Waals surface area (Å²) in [5, 5.41) is 11.3. The fourth-order valence-electron chi connectivity index (χ4n) is 3.75. The molecule has 2 atom stereocenters. The van der Waals surface area contributed by atoms with Gasteiger partial charge >= 0.3 is 0 Å². The molecule has 10 heteroatoms. The van der Waals surface area contributed by atoms with E-state index in [1.165, 1.54) is 12.3 Å². The first-order valence-electron chi connectivity index (χ1n) is 11.0. The Kier molecular flexibility index (Phi) is 7.11. The summed E-state index contributed by atoms with van der Waals surface area (Å²) in [5.41, 5.74) is 2.87. The number of aliphatic hydroxyl groups is 1. The second-order valence-corrected chi connectivity index (χ2v) is 11.9. The van der Waals surface area contributed by atoms with Gasteiger partial charge in [-0.2, -0.15) is 0 Å². The van der Waals surface area contributed by atoms with Crippen molar-refractivity contribution in [2.24, 2.45) is 4.99 Å². The number of nitrogens with one attached hydrogen (secondary N) is 1. The third kappa shape index (κ3) is 5.86. The zero-order valence-corrected chi connectivity index (χ0v) is 20.9. The van der Waals surface area contributed by atoms with Crippen LogP contribution in [0, 0.1) is 6.92 Å². The minimum atomic E-state index is -3.36. The minimum absolute atomic E-state index is 0.000410. The van der Waals surface area contributed by atoms with Gasteiger partial charge in [-0.05, 0) is 56.2 Å². The van der Waals surface area contributed by atoms with Crippen molar-refractivity contribution in [2.45, 2.75) is 49.5 Å². The van der Waals surface area contributed by atoms with Gasteiger partial charge in [-0.25, -0.2) is 13.4 Å². The number of sulfone groups is 1. The smallest absolute Gasteiger partial charge is 0.192 e. The molecule has 0 spiro atoms. The Morgan fingerprint density at radius 3 is 2.76 bits per heavy atom. The number of hydrogen-bond acceptors (Lipinski definition) is 8. The number of carbonyl (C=O) groups is 1. The quantitative estimate of drug-likeness (QED) is 0.454. The Hall–Kier alpha value is -2.69. The van der Waals surface area contributed by atoms with Crippen LogP contribution in [0.4, 0.5) is 0 Å². The third-order valence-electron chi connectivity index (χ3n) is 5.47. The molecule has 1 aliphatic heterocycles. The standard InChI is InChI=1S/C24H27N3O5S2/c1-14-8-19(32-18-6-7-22(25-12-18)34(3,30)31)9-16-10-21(27-23(14)16)24-26-13-20(33-24)11-17(29)5-4-15(2)28/h6-10,12,15,20,27-28H,4-5,11,13H2,1-3H3/t15-,20?/m0/s1. The average molecular weight is 502 g/mol. The number of pyridine rings is 1. The molecule has 8 nitrogen and oxygen atoms in total. The van der Waals surface area contributed by atoms with Crippen molar-refractivity contribution in [2.75, 3.05) is 12.8 Å². The van der Waals surface area contributed by atoms with E-state index in [0.29, 0.717) is 37.3 Å². The van der Waals surface area contributed by atoms with Gasteiger partial charge in [0.15, 0.2) is 14.9 Å². The highest BCUT2D eigenvalue weighted by atomic mass is 32.2. The fraction of sp³-hybridized carbons (Fsp3) is 0.375. The Balaban J connectivity index is 1.45. The number of hydrogen-bond donors (Lipinski definition) is 2. The van der Waals surface area contributed by atoms with Crippen molar-refractivity contribution < 1.29 is 23.1 Å². The summed E-state index contributed by atoms with van der Waals surface area (Å²) in [4.78, 5) is 24.2. The Morgan fingerprint density at radius 2 is 2.09 bits per heavy atom. The molecule has 0 saturated carbocycles. The lowest BCUT2D eigenvalue weighted by molar-refractivity contribution is -0.119. The molecule has 0 aliphatic carbocycles. The van der Waals surface area contributed by atoms with E-state index in [4.69, 9.17) is 4.74 Å². The van der Waals surface area contributed by atoms with Gasteiger partial charge in [0.05, 0.1) is 24.5 Å². The first kappa shape index (κ1) is 24.4. The predicted octanol–water partition coefficient (Wildman–Crippen LogP) is 4.05. The van der Waals surface area contributed by atoms with Crippen LogP contribution >= 0.6 is 11.8 Å². The Bertz CT molecular complexity index is 1340. The summed E-state index contributed by atoms with van der Waals surface area (Å²) < 4.78 is 29.1. The number of H-pyrrole nitrogens is 1. The third-order valence-corrected chi connectivity index (χ3v) is 7.69. The van der Waals surface area contributed by atoms with E-state index in [9.17, 15) is 18.3 Å². The van der Waals surface area contributed by atoms with Crippen molar-refractivity contribution in [3.8, 4) is 11.5 Å². The average Bonchev–Trinajstić information content (AvgIpc) is 3.39. The molecule has 0 bridgehead atoms. The first-order chi connectivity index (χ1) is 16.1. The van der Waals surface area contributed by atoms with Crippen LogP contribution in [0.2, 0.25) is 0 Å². The first-order valence-corrected chi connectivity index (χ1v) is 13.7. The van der Waals surface area contributed by atoms with E-state index < -0.39 is 15.9 Å². The number of ketones is 1. The maximum atomic E-state index is 12.2. The van der Waals surface area contributed by atoms with Crippen molar-refractivity contribution in [1.29, 1.82) is 0 Å². The number of benzene rings is 1. The monoisotopic (exact) mass is 501 g/mol. The van der Waals surface area contributed by atoms with E-state index in [0.717, 1.165) is 33.5 Å².